The standard InChI is InChI=1S/C24H31ClN2O5S/c1-17(18-9-11-20(31-2)12-10-18)26-24(28)16-27(19-7-5-4-6-8-19)33(29,30)21-13-14-23(32-3)22(25)15-21/h9-15,17,19H,4-8,16H2,1-3H3,(H,26,28)/t17-/m0/s1. The fourth-order valence-electron chi connectivity index (χ4n) is 4.13. The van der Waals surface area contributed by atoms with Gasteiger partial charge in [-0.25, -0.2) is 8.42 Å². The molecule has 1 aliphatic rings. The molecule has 7 nitrogen and oxygen atoms in total. The topological polar surface area (TPSA) is 84.9 Å². The molecular weight excluding hydrogens is 464 g/mol. The molecule has 2 aromatic carbocycles. The molecule has 0 bridgehead atoms. The zero-order valence-corrected chi connectivity index (χ0v) is 20.8. The number of carbonyl (C=O) groups excluding carboxylic acids is 1. The summed E-state index contributed by atoms with van der Waals surface area (Å²) >= 11 is 6.19. The van der Waals surface area contributed by atoms with Crippen LogP contribution in [0.5, 0.6) is 11.5 Å². The van der Waals surface area contributed by atoms with E-state index >= 15 is 0 Å². The van der Waals surface area contributed by atoms with Crippen LogP contribution in [-0.2, 0) is 14.8 Å². The summed E-state index contributed by atoms with van der Waals surface area (Å²) in [5.74, 6) is 0.767. The van der Waals surface area contributed by atoms with E-state index in [2.05, 4.69) is 5.32 Å². The molecule has 0 aromatic heterocycles. The van der Waals surface area contributed by atoms with E-state index in [-0.39, 0.29) is 34.5 Å². The lowest BCUT2D eigenvalue weighted by Crippen LogP contribution is -2.47. The van der Waals surface area contributed by atoms with Crippen molar-refractivity contribution in [2.45, 2.75) is 56.0 Å². The fraction of sp³-hybridized carbons (Fsp3) is 0.458. The first-order valence-corrected chi connectivity index (χ1v) is 12.9. The highest BCUT2D eigenvalue weighted by molar-refractivity contribution is 7.89. The van der Waals surface area contributed by atoms with Crippen LogP contribution in [0.25, 0.3) is 0 Å². The number of nitrogens with one attached hydrogen (secondary N) is 1. The number of carbonyl (C=O) groups is 1. The molecule has 0 unspecified atom stereocenters. The first-order chi connectivity index (χ1) is 15.8. The molecule has 0 aliphatic heterocycles. The predicted molar refractivity (Wildman–Crippen MR) is 128 cm³/mol. The van der Waals surface area contributed by atoms with Crippen molar-refractivity contribution in [3.05, 3.63) is 53.1 Å². The monoisotopic (exact) mass is 494 g/mol. The minimum Gasteiger partial charge on any atom is -0.497 e. The van der Waals surface area contributed by atoms with E-state index in [1.807, 2.05) is 31.2 Å². The van der Waals surface area contributed by atoms with Crippen molar-refractivity contribution in [1.29, 1.82) is 0 Å². The van der Waals surface area contributed by atoms with Gasteiger partial charge < -0.3 is 14.8 Å². The molecule has 0 radical (unpaired) electrons. The van der Waals surface area contributed by atoms with Gasteiger partial charge in [-0.2, -0.15) is 4.31 Å². The number of hydrogen-bond donors (Lipinski definition) is 1. The van der Waals surface area contributed by atoms with Gasteiger partial charge in [-0.1, -0.05) is 43.0 Å². The van der Waals surface area contributed by atoms with Gasteiger partial charge in [-0.3, -0.25) is 4.79 Å². The summed E-state index contributed by atoms with van der Waals surface area (Å²) in [4.78, 5) is 13.0. The Bertz CT molecular complexity index is 1050. The highest BCUT2D eigenvalue weighted by atomic mass is 35.5. The van der Waals surface area contributed by atoms with Crippen LogP contribution in [0.4, 0.5) is 0 Å². The van der Waals surface area contributed by atoms with E-state index in [4.69, 9.17) is 21.1 Å². The second-order valence-electron chi connectivity index (χ2n) is 8.20. The highest BCUT2D eigenvalue weighted by Gasteiger charge is 2.34. The van der Waals surface area contributed by atoms with Gasteiger partial charge in [0.2, 0.25) is 15.9 Å². The number of benzene rings is 2. The van der Waals surface area contributed by atoms with Crippen LogP contribution in [0.2, 0.25) is 5.02 Å². The highest BCUT2D eigenvalue weighted by Crippen LogP contribution is 2.32. The van der Waals surface area contributed by atoms with Crippen LogP contribution in [0.3, 0.4) is 0 Å². The maximum absolute atomic E-state index is 13.6. The number of halogens is 1. The van der Waals surface area contributed by atoms with Gasteiger partial charge in [0.25, 0.3) is 0 Å². The van der Waals surface area contributed by atoms with Crippen molar-refractivity contribution in [3.63, 3.8) is 0 Å². The van der Waals surface area contributed by atoms with Crippen molar-refractivity contribution in [2.75, 3.05) is 20.8 Å². The summed E-state index contributed by atoms with van der Waals surface area (Å²) in [5, 5.41) is 3.13. The number of ether oxygens (including phenoxy) is 2. The van der Waals surface area contributed by atoms with E-state index in [0.717, 1.165) is 43.4 Å². The summed E-state index contributed by atoms with van der Waals surface area (Å²) in [6, 6.07) is 11.3. The van der Waals surface area contributed by atoms with Gasteiger partial charge in [0.1, 0.15) is 11.5 Å². The second-order valence-corrected chi connectivity index (χ2v) is 10.5. The quantitative estimate of drug-likeness (QED) is 0.552. The van der Waals surface area contributed by atoms with Crippen LogP contribution >= 0.6 is 11.6 Å². The summed E-state index contributed by atoms with van der Waals surface area (Å²) in [6.45, 7) is 1.61. The van der Waals surface area contributed by atoms with Crippen molar-refractivity contribution in [1.82, 2.24) is 9.62 Å². The Hall–Kier alpha value is -2.29. The normalized spacial score (nSPS) is 15.8. The van der Waals surface area contributed by atoms with E-state index < -0.39 is 10.0 Å². The van der Waals surface area contributed by atoms with Crippen LogP contribution in [0.1, 0.15) is 50.6 Å². The van der Waals surface area contributed by atoms with Gasteiger partial charge in [0, 0.05) is 6.04 Å². The van der Waals surface area contributed by atoms with Crippen LogP contribution in [0, 0.1) is 0 Å². The lowest BCUT2D eigenvalue weighted by atomic mass is 9.95. The zero-order valence-electron chi connectivity index (χ0n) is 19.2. The molecule has 1 atom stereocenters. The van der Waals surface area contributed by atoms with Gasteiger partial charge in [-0.05, 0) is 55.7 Å². The number of sulfonamides is 1. The molecule has 0 heterocycles. The van der Waals surface area contributed by atoms with Crippen LogP contribution in [-0.4, -0.2) is 45.4 Å². The third kappa shape index (κ3) is 6.19. The summed E-state index contributed by atoms with van der Waals surface area (Å²) in [7, 11) is -0.873. The molecule has 0 spiro atoms. The number of hydrogen-bond acceptors (Lipinski definition) is 5. The minimum atomic E-state index is -3.94. The molecule has 1 saturated carbocycles. The van der Waals surface area contributed by atoms with Crippen molar-refractivity contribution < 1.29 is 22.7 Å². The number of amides is 1. The van der Waals surface area contributed by atoms with Gasteiger partial charge >= 0.3 is 0 Å². The van der Waals surface area contributed by atoms with E-state index in [1.54, 1.807) is 7.11 Å². The maximum atomic E-state index is 13.6. The number of methoxy groups -OCH3 is 2. The Morgan fingerprint density at radius 1 is 1.09 bits per heavy atom. The predicted octanol–water partition coefficient (Wildman–Crippen LogP) is 4.56. The molecule has 2 aromatic rings. The molecular formula is C24H31ClN2O5S. The first-order valence-electron chi connectivity index (χ1n) is 11.0. The Kier molecular flexibility index (Phi) is 8.62. The van der Waals surface area contributed by atoms with Crippen molar-refractivity contribution in [2.24, 2.45) is 0 Å². The molecule has 1 fully saturated rings. The van der Waals surface area contributed by atoms with Crippen molar-refractivity contribution in [3.8, 4) is 11.5 Å². The molecule has 0 saturated heterocycles. The molecule has 33 heavy (non-hydrogen) atoms. The lowest BCUT2D eigenvalue weighted by Gasteiger charge is -2.33. The van der Waals surface area contributed by atoms with E-state index in [1.165, 1.54) is 29.6 Å². The fourth-order valence-corrected chi connectivity index (χ4v) is 6.12. The SMILES string of the molecule is COc1ccc([C@H](C)NC(=O)CN(C2CCCCC2)S(=O)(=O)c2ccc(OC)c(Cl)c2)cc1. The van der Waals surface area contributed by atoms with E-state index in [0.29, 0.717) is 5.75 Å². The third-order valence-corrected chi connectivity index (χ3v) is 8.19. The average Bonchev–Trinajstić information content (AvgIpc) is 2.83. The molecule has 3 rings (SSSR count). The lowest BCUT2D eigenvalue weighted by molar-refractivity contribution is -0.122. The molecule has 1 N–H and O–H groups in total. The summed E-state index contributed by atoms with van der Waals surface area (Å²) < 4.78 is 38.8. The number of nitrogens with zero attached hydrogens (tertiary/aromatic N) is 1. The number of rotatable bonds is 9. The largest absolute Gasteiger partial charge is 0.497 e. The molecule has 9 heteroatoms. The summed E-state index contributed by atoms with van der Waals surface area (Å²) in [5.41, 5.74) is 0.901. The van der Waals surface area contributed by atoms with Gasteiger partial charge in [0.05, 0.1) is 36.7 Å². The Morgan fingerprint density at radius 2 is 1.76 bits per heavy atom. The average molecular weight is 495 g/mol. The molecule has 180 valence electrons. The Labute approximate surface area is 201 Å². The maximum Gasteiger partial charge on any atom is 0.243 e. The Morgan fingerprint density at radius 3 is 2.33 bits per heavy atom. The van der Waals surface area contributed by atoms with Crippen LogP contribution < -0.4 is 14.8 Å². The first kappa shape index (κ1) is 25.3. The van der Waals surface area contributed by atoms with Gasteiger partial charge in [0.15, 0.2) is 0 Å². The minimum absolute atomic E-state index is 0.0508. The smallest absolute Gasteiger partial charge is 0.243 e. The Balaban J connectivity index is 1.81. The van der Waals surface area contributed by atoms with Gasteiger partial charge in [-0.15, -0.1) is 0 Å². The van der Waals surface area contributed by atoms with E-state index in [9.17, 15) is 13.2 Å². The van der Waals surface area contributed by atoms with Crippen LogP contribution in [0.15, 0.2) is 47.4 Å². The zero-order chi connectivity index (χ0) is 24.0. The van der Waals surface area contributed by atoms with Crippen molar-refractivity contribution >= 4 is 27.5 Å². The second kappa shape index (κ2) is 11.2. The summed E-state index contributed by atoms with van der Waals surface area (Å²) in [6.07, 6.45) is 4.39. The molecule has 1 amide bonds. The third-order valence-electron chi connectivity index (χ3n) is 6.00. The molecule has 1 aliphatic carbocycles.